The quantitative estimate of drug-likeness (QED) is 0.668. The molecule has 1 amide bonds. The Morgan fingerprint density at radius 2 is 2.55 bits per heavy atom. The molecule has 1 aromatic rings. The smallest absolute Gasteiger partial charge is 0.241 e. The van der Waals surface area contributed by atoms with E-state index in [-0.39, 0.29) is 0 Å². The number of rotatable bonds is 2. The number of primary amides is 1. The Bertz CT molecular complexity index is 290. The van der Waals surface area contributed by atoms with Gasteiger partial charge in [0, 0.05) is 17.2 Å². The van der Waals surface area contributed by atoms with Crippen molar-refractivity contribution in [2.45, 2.75) is 6.92 Å². The maximum absolute atomic E-state index is 10.3. The maximum Gasteiger partial charge on any atom is 0.241 e. The van der Waals surface area contributed by atoms with Crippen LogP contribution in [0.2, 0.25) is 0 Å². The molecule has 11 heavy (non-hydrogen) atoms. The Hall–Kier alpha value is -1.16. The molecule has 4 heteroatoms. The zero-order valence-corrected chi connectivity index (χ0v) is 6.89. The summed E-state index contributed by atoms with van der Waals surface area (Å²) in [6.45, 7) is 1.91. The van der Waals surface area contributed by atoms with Crippen LogP contribution in [-0.4, -0.2) is 10.9 Å². The minimum atomic E-state index is -0.434. The summed E-state index contributed by atoms with van der Waals surface area (Å²) in [4.78, 5) is 15.3. The monoisotopic (exact) mass is 168 g/mol. The third-order valence-corrected chi connectivity index (χ3v) is 1.93. The van der Waals surface area contributed by atoms with Gasteiger partial charge < -0.3 is 5.73 Å². The first-order chi connectivity index (χ1) is 5.18. The van der Waals surface area contributed by atoms with Gasteiger partial charge in [-0.25, -0.2) is 4.98 Å². The molecule has 0 aromatic carbocycles. The molecule has 0 aliphatic heterocycles. The number of thiazole rings is 1. The average Bonchev–Trinajstić information content (AvgIpc) is 2.31. The van der Waals surface area contributed by atoms with Gasteiger partial charge in [0.2, 0.25) is 5.91 Å². The second-order valence-corrected chi connectivity index (χ2v) is 3.28. The largest absolute Gasteiger partial charge is 0.366 e. The lowest BCUT2D eigenvalue weighted by molar-refractivity contribution is -0.113. The van der Waals surface area contributed by atoms with Gasteiger partial charge in [0.25, 0.3) is 0 Å². The fourth-order valence-electron chi connectivity index (χ4n) is 0.619. The van der Waals surface area contributed by atoms with E-state index < -0.39 is 5.91 Å². The van der Waals surface area contributed by atoms with Crippen LogP contribution in [0, 0.1) is 6.92 Å². The number of carbonyl (C=O) groups is 1. The van der Waals surface area contributed by atoms with Crippen molar-refractivity contribution in [3.63, 3.8) is 0 Å². The SMILES string of the molecule is Cc1ncc(/C=C/C(N)=O)s1. The summed E-state index contributed by atoms with van der Waals surface area (Å²) in [7, 11) is 0. The highest BCUT2D eigenvalue weighted by Gasteiger charge is 1.92. The summed E-state index contributed by atoms with van der Waals surface area (Å²) in [5.74, 6) is -0.434. The van der Waals surface area contributed by atoms with E-state index in [0.717, 1.165) is 9.88 Å². The summed E-state index contributed by atoms with van der Waals surface area (Å²) in [5.41, 5.74) is 4.91. The van der Waals surface area contributed by atoms with E-state index in [0.29, 0.717) is 0 Å². The van der Waals surface area contributed by atoms with Crippen LogP contribution in [0.1, 0.15) is 9.88 Å². The van der Waals surface area contributed by atoms with E-state index in [1.165, 1.54) is 17.4 Å². The first kappa shape index (κ1) is 7.94. The van der Waals surface area contributed by atoms with E-state index in [2.05, 4.69) is 4.98 Å². The molecule has 0 unspecified atom stereocenters. The second-order valence-electron chi connectivity index (χ2n) is 2.02. The Morgan fingerprint density at radius 3 is 3.00 bits per heavy atom. The minimum Gasteiger partial charge on any atom is -0.366 e. The molecule has 3 nitrogen and oxygen atoms in total. The number of hydrogen-bond acceptors (Lipinski definition) is 3. The average molecular weight is 168 g/mol. The molecule has 0 atom stereocenters. The second kappa shape index (κ2) is 3.30. The van der Waals surface area contributed by atoms with Crippen molar-refractivity contribution >= 4 is 23.3 Å². The van der Waals surface area contributed by atoms with Gasteiger partial charge in [-0.2, -0.15) is 0 Å². The predicted octanol–water partition coefficient (Wildman–Crippen LogP) is 0.950. The fraction of sp³-hybridized carbons (Fsp3) is 0.143. The number of amides is 1. The lowest BCUT2D eigenvalue weighted by atomic mass is 10.4. The summed E-state index contributed by atoms with van der Waals surface area (Å²) >= 11 is 1.52. The van der Waals surface area contributed by atoms with Crippen molar-refractivity contribution in [1.29, 1.82) is 0 Å². The molecule has 1 rings (SSSR count). The first-order valence-electron chi connectivity index (χ1n) is 3.08. The summed E-state index contributed by atoms with van der Waals surface area (Å²) in [6.07, 6.45) is 4.69. The van der Waals surface area contributed by atoms with Crippen molar-refractivity contribution in [3.8, 4) is 0 Å². The van der Waals surface area contributed by atoms with E-state index in [1.54, 1.807) is 12.3 Å². The number of aryl methyl sites for hydroxylation is 1. The predicted molar refractivity (Wildman–Crippen MR) is 45.1 cm³/mol. The summed E-state index contributed by atoms with van der Waals surface area (Å²) in [6, 6.07) is 0. The number of carbonyl (C=O) groups excluding carboxylic acids is 1. The van der Waals surface area contributed by atoms with Gasteiger partial charge in [-0.05, 0) is 13.0 Å². The molecule has 1 aromatic heterocycles. The molecule has 0 radical (unpaired) electrons. The first-order valence-corrected chi connectivity index (χ1v) is 3.90. The molecule has 0 aliphatic carbocycles. The Balaban J connectivity index is 2.71. The van der Waals surface area contributed by atoms with Crippen LogP contribution in [-0.2, 0) is 4.79 Å². The lowest BCUT2D eigenvalue weighted by Gasteiger charge is -1.79. The Kier molecular flexibility index (Phi) is 2.38. The topological polar surface area (TPSA) is 56.0 Å². The van der Waals surface area contributed by atoms with Crippen LogP contribution in [0.3, 0.4) is 0 Å². The third-order valence-electron chi connectivity index (χ3n) is 1.05. The summed E-state index contributed by atoms with van der Waals surface area (Å²) in [5, 5.41) is 0.981. The zero-order valence-electron chi connectivity index (χ0n) is 6.07. The van der Waals surface area contributed by atoms with Crippen molar-refractivity contribution in [1.82, 2.24) is 4.98 Å². The molecular formula is C7H8N2OS. The number of hydrogen-bond donors (Lipinski definition) is 1. The third kappa shape index (κ3) is 2.51. The Labute approximate surface area is 68.6 Å². The van der Waals surface area contributed by atoms with Gasteiger partial charge in [0.1, 0.15) is 0 Å². The summed E-state index contributed by atoms with van der Waals surface area (Å²) < 4.78 is 0. The molecule has 0 spiro atoms. The highest BCUT2D eigenvalue weighted by atomic mass is 32.1. The van der Waals surface area contributed by atoms with Gasteiger partial charge in [0.05, 0.1) is 5.01 Å². The Morgan fingerprint density at radius 1 is 1.82 bits per heavy atom. The molecule has 2 N–H and O–H groups in total. The molecular weight excluding hydrogens is 160 g/mol. The van der Waals surface area contributed by atoms with Crippen LogP contribution in [0.25, 0.3) is 6.08 Å². The van der Waals surface area contributed by atoms with Crippen LogP contribution in [0.4, 0.5) is 0 Å². The maximum atomic E-state index is 10.3. The fourth-order valence-corrected chi connectivity index (χ4v) is 1.31. The van der Waals surface area contributed by atoms with Gasteiger partial charge in [0.15, 0.2) is 0 Å². The molecule has 0 saturated carbocycles. The lowest BCUT2D eigenvalue weighted by Crippen LogP contribution is -2.04. The zero-order chi connectivity index (χ0) is 8.27. The normalized spacial score (nSPS) is 10.6. The molecule has 0 fully saturated rings. The van der Waals surface area contributed by atoms with Crippen molar-refractivity contribution in [2.24, 2.45) is 5.73 Å². The molecule has 0 saturated heterocycles. The van der Waals surface area contributed by atoms with Crippen LogP contribution in [0.5, 0.6) is 0 Å². The van der Waals surface area contributed by atoms with Crippen molar-refractivity contribution < 1.29 is 4.79 Å². The van der Waals surface area contributed by atoms with Gasteiger partial charge >= 0.3 is 0 Å². The molecule has 58 valence electrons. The van der Waals surface area contributed by atoms with Gasteiger partial charge in [-0.3, -0.25) is 4.79 Å². The van der Waals surface area contributed by atoms with Crippen molar-refractivity contribution in [2.75, 3.05) is 0 Å². The number of nitrogens with two attached hydrogens (primary N) is 1. The number of aromatic nitrogens is 1. The van der Waals surface area contributed by atoms with Crippen LogP contribution in [0.15, 0.2) is 12.3 Å². The van der Waals surface area contributed by atoms with Crippen LogP contribution < -0.4 is 5.73 Å². The molecule has 1 heterocycles. The highest BCUT2D eigenvalue weighted by molar-refractivity contribution is 7.12. The highest BCUT2D eigenvalue weighted by Crippen LogP contribution is 2.12. The van der Waals surface area contributed by atoms with E-state index in [4.69, 9.17) is 5.73 Å². The number of nitrogens with zero attached hydrogens (tertiary/aromatic N) is 1. The van der Waals surface area contributed by atoms with Gasteiger partial charge in [-0.1, -0.05) is 0 Å². The standard InChI is InChI=1S/C7H8N2OS/c1-5-9-4-6(11-5)2-3-7(8)10/h2-4H,1H3,(H2,8,10)/b3-2+. The van der Waals surface area contributed by atoms with E-state index >= 15 is 0 Å². The van der Waals surface area contributed by atoms with Crippen LogP contribution >= 0.6 is 11.3 Å². The molecule has 0 bridgehead atoms. The van der Waals surface area contributed by atoms with Crippen molar-refractivity contribution in [3.05, 3.63) is 22.2 Å². The molecule has 0 aliphatic rings. The van der Waals surface area contributed by atoms with E-state index in [1.807, 2.05) is 6.92 Å². The van der Waals surface area contributed by atoms with E-state index in [9.17, 15) is 4.79 Å². The minimum absolute atomic E-state index is 0.434. The van der Waals surface area contributed by atoms with Gasteiger partial charge in [-0.15, -0.1) is 11.3 Å².